The van der Waals surface area contributed by atoms with Crippen LogP contribution in [0.3, 0.4) is 0 Å². The summed E-state index contributed by atoms with van der Waals surface area (Å²) >= 11 is 5.46. The molecule has 1 amide bonds. The highest BCUT2D eigenvalue weighted by Gasteiger charge is 2.30. The minimum Gasteiger partial charge on any atom is -0.466 e. The number of rotatable bonds is 5. The molecule has 0 saturated carbocycles. The fourth-order valence-electron chi connectivity index (χ4n) is 2.44. The molecule has 0 spiro atoms. The maximum Gasteiger partial charge on any atom is 0.416 e. The second-order valence-corrected chi connectivity index (χ2v) is 5.90. The predicted molar refractivity (Wildman–Crippen MR) is 97.7 cm³/mol. The number of nitrogens with zero attached hydrogens (tertiary/aromatic N) is 3. The summed E-state index contributed by atoms with van der Waals surface area (Å²) < 4.78 is 44.9. The molecule has 3 aromatic rings. The van der Waals surface area contributed by atoms with Gasteiger partial charge >= 0.3 is 12.2 Å². The Bertz CT molecular complexity index is 970. The second-order valence-electron chi connectivity index (χ2n) is 5.64. The number of carbonyl (C=O) groups is 1. The Morgan fingerprint density at radius 2 is 1.79 bits per heavy atom. The highest BCUT2D eigenvalue weighted by atomic mass is 35.5. The van der Waals surface area contributed by atoms with Crippen LogP contribution in [0.4, 0.5) is 18.9 Å². The highest BCUT2D eigenvalue weighted by Crippen LogP contribution is 2.31. The van der Waals surface area contributed by atoms with E-state index in [1.54, 1.807) is 24.3 Å². The lowest BCUT2D eigenvalue weighted by Crippen LogP contribution is -2.12. The van der Waals surface area contributed by atoms with E-state index in [0.717, 1.165) is 12.1 Å². The van der Waals surface area contributed by atoms with Crippen molar-refractivity contribution >= 4 is 23.2 Å². The lowest BCUT2D eigenvalue weighted by atomic mass is 10.1. The number of alkyl halides is 4. The first-order valence-electron chi connectivity index (χ1n) is 7.97. The van der Waals surface area contributed by atoms with Crippen LogP contribution in [0.15, 0.2) is 48.5 Å². The van der Waals surface area contributed by atoms with Crippen LogP contribution in [0.2, 0.25) is 0 Å². The van der Waals surface area contributed by atoms with E-state index in [1.807, 2.05) is 0 Å². The van der Waals surface area contributed by atoms with Crippen LogP contribution in [0.25, 0.3) is 17.1 Å². The maximum atomic E-state index is 12.8. The lowest BCUT2D eigenvalue weighted by Gasteiger charge is -2.09. The first kappa shape index (κ1) is 19.7. The van der Waals surface area contributed by atoms with Gasteiger partial charge in [-0.1, -0.05) is 12.1 Å². The Morgan fingerprint density at radius 3 is 2.32 bits per heavy atom. The van der Waals surface area contributed by atoms with Gasteiger partial charge in [0.05, 0.1) is 18.4 Å². The third-order valence-electron chi connectivity index (χ3n) is 3.76. The molecule has 10 heteroatoms. The van der Waals surface area contributed by atoms with Gasteiger partial charge in [0.25, 0.3) is 0 Å². The number of anilines is 1. The molecule has 0 bridgehead atoms. The summed E-state index contributed by atoms with van der Waals surface area (Å²) in [4.78, 5) is 15.6. The number of carbonyl (C=O) groups excluding carboxylic acids is 1. The van der Waals surface area contributed by atoms with Crippen molar-refractivity contribution in [2.45, 2.75) is 6.18 Å². The van der Waals surface area contributed by atoms with Gasteiger partial charge in [-0.15, -0.1) is 16.7 Å². The maximum absolute atomic E-state index is 12.8. The van der Waals surface area contributed by atoms with E-state index in [-0.39, 0.29) is 17.8 Å². The smallest absolute Gasteiger partial charge is 0.416 e. The van der Waals surface area contributed by atoms with E-state index in [9.17, 15) is 18.0 Å². The molecule has 1 heterocycles. The summed E-state index contributed by atoms with van der Waals surface area (Å²) in [5.41, 5.74) is 0.795. The fourth-order valence-corrected chi connectivity index (χ4v) is 2.50. The standard InChI is InChI=1S/C18H14ClF3N4O2/c1-28-17-24-16(11-2-4-12(5-3-11)18(20,21)22)26(25-17)14-8-6-13(7-9-14)23-15(27)10-19/h2-9H,10H2,1H3,(H,23,27). The lowest BCUT2D eigenvalue weighted by molar-refractivity contribution is -0.137. The zero-order valence-corrected chi connectivity index (χ0v) is 15.3. The molecule has 6 nitrogen and oxygen atoms in total. The molecule has 146 valence electrons. The van der Waals surface area contributed by atoms with Crippen LogP contribution in [0.5, 0.6) is 6.01 Å². The average molecular weight is 411 g/mol. The molecule has 28 heavy (non-hydrogen) atoms. The van der Waals surface area contributed by atoms with Crippen molar-refractivity contribution in [3.05, 3.63) is 54.1 Å². The number of hydrogen-bond donors (Lipinski definition) is 1. The van der Waals surface area contributed by atoms with Gasteiger partial charge in [-0.2, -0.15) is 18.2 Å². The molecule has 1 aromatic heterocycles. The molecule has 2 aromatic carbocycles. The number of hydrogen-bond acceptors (Lipinski definition) is 4. The van der Waals surface area contributed by atoms with Gasteiger partial charge < -0.3 is 10.1 Å². The van der Waals surface area contributed by atoms with Crippen LogP contribution in [0.1, 0.15) is 5.56 Å². The van der Waals surface area contributed by atoms with Crippen LogP contribution in [-0.4, -0.2) is 33.7 Å². The Kier molecular flexibility index (Phi) is 5.55. The van der Waals surface area contributed by atoms with Crippen molar-refractivity contribution < 1.29 is 22.7 Å². The van der Waals surface area contributed by atoms with Crippen molar-refractivity contribution in [2.24, 2.45) is 0 Å². The molecule has 0 aliphatic carbocycles. The van der Waals surface area contributed by atoms with E-state index in [2.05, 4.69) is 15.4 Å². The molecule has 0 fully saturated rings. The van der Waals surface area contributed by atoms with E-state index >= 15 is 0 Å². The number of halogens is 4. The number of nitrogens with one attached hydrogen (secondary N) is 1. The third-order valence-corrected chi connectivity index (χ3v) is 4.00. The molecule has 3 rings (SSSR count). The summed E-state index contributed by atoms with van der Waals surface area (Å²) in [7, 11) is 1.39. The number of ether oxygens (including phenoxy) is 1. The summed E-state index contributed by atoms with van der Waals surface area (Å²) in [6, 6.07) is 11.3. The molecular formula is C18H14ClF3N4O2. The zero-order chi connectivity index (χ0) is 20.3. The monoisotopic (exact) mass is 410 g/mol. The first-order valence-corrected chi connectivity index (χ1v) is 8.50. The number of amides is 1. The minimum atomic E-state index is -4.42. The number of methoxy groups -OCH3 is 1. The van der Waals surface area contributed by atoms with Crippen molar-refractivity contribution in [2.75, 3.05) is 18.3 Å². The SMILES string of the molecule is COc1nc(-c2ccc(C(F)(F)F)cc2)n(-c2ccc(NC(=O)CCl)cc2)n1. The van der Waals surface area contributed by atoms with Crippen molar-refractivity contribution in [3.63, 3.8) is 0 Å². The van der Waals surface area contributed by atoms with Crippen LogP contribution in [0, 0.1) is 0 Å². The van der Waals surface area contributed by atoms with E-state index < -0.39 is 11.7 Å². The van der Waals surface area contributed by atoms with Gasteiger partial charge in [-0.3, -0.25) is 4.79 Å². The third kappa shape index (κ3) is 4.25. The average Bonchev–Trinajstić information content (AvgIpc) is 3.12. The van der Waals surface area contributed by atoms with Gasteiger partial charge in [0.15, 0.2) is 5.82 Å². The van der Waals surface area contributed by atoms with Gasteiger partial charge in [0, 0.05) is 11.3 Å². The Morgan fingerprint density at radius 1 is 1.14 bits per heavy atom. The van der Waals surface area contributed by atoms with Crippen LogP contribution < -0.4 is 10.1 Å². The Labute approximate surface area is 162 Å². The molecule has 1 N–H and O–H groups in total. The van der Waals surface area contributed by atoms with Crippen molar-refractivity contribution in [1.29, 1.82) is 0 Å². The van der Waals surface area contributed by atoms with Crippen molar-refractivity contribution in [1.82, 2.24) is 14.8 Å². The summed E-state index contributed by atoms with van der Waals surface area (Å²) in [5.74, 6) is -0.203. The van der Waals surface area contributed by atoms with Gasteiger partial charge in [-0.05, 0) is 36.4 Å². The Balaban J connectivity index is 1.96. The van der Waals surface area contributed by atoms with Crippen LogP contribution >= 0.6 is 11.6 Å². The molecule has 0 aliphatic rings. The quantitative estimate of drug-likeness (QED) is 0.642. The highest BCUT2D eigenvalue weighted by molar-refractivity contribution is 6.29. The summed E-state index contributed by atoms with van der Waals surface area (Å²) in [6.07, 6.45) is -4.42. The van der Waals surface area contributed by atoms with E-state index in [1.165, 1.54) is 23.9 Å². The molecule has 0 radical (unpaired) electrons. The molecule has 0 aliphatic heterocycles. The molecular weight excluding hydrogens is 397 g/mol. The predicted octanol–water partition coefficient (Wildman–Crippen LogP) is 4.14. The minimum absolute atomic E-state index is 0.0643. The second kappa shape index (κ2) is 7.89. The summed E-state index contributed by atoms with van der Waals surface area (Å²) in [5, 5.41) is 6.81. The Hall–Kier alpha value is -3.07. The summed E-state index contributed by atoms with van der Waals surface area (Å²) in [6.45, 7) is 0. The number of aromatic nitrogens is 3. The fraction of sp³-hybridized carbons (Fsp3) is 0.167. The van der Waals surface area contributed by atoms with Crippen LogP contribution in [-0.2, 0) is 11.0 Å². The van der Waals surface area contributed by atoms with E-state index in [0.29, 0.717) is 22.8 Å². The zero-order valence-electron chi connectivity index (χ0n) is 14.5. The first-order chi connectivity index (χ1) is 13.3. The largest absolute Gasteiger partial charge is 0.466 e. The van der Waals surface area contributed by atoms with E-state index in [4.69, 9.17) is 16.3 Å². The van der Waals surface area contributed by atoms with Gasteiger partial charge in [0.2, 0.25) is 5.91 Å². The topological polar surface area (TPSA) is 69.0 Å². The molecule has 0 atom stereocenters. The van der Waals surface area contributed by atoms with Gasteiger partial charge in [-0.25, -0.2) is 4.68 Å². The molecule has 0 unspecified atom stereocenters. The number of benzene rings is 2. The molecule has 0 saturated heterocycles. The normalized spacial score (nSPS) is 11.3. The van der Waals surface area contributed by atoms with Crippen molar-refractivity contribution in [3.8, 4) is 23.1 Å². The van der Waals surface area contributed by atoms with Gasteiger partial charge in [0.1, 0.15) is 5.88 Å².